The third kappa shape index (κ3) is 3.47. The fraction of sp³-hybridized carbons (Fsp3) is 0.353. The minimum absolute atomic E-state index is 0.0796. The molecule has 0 radical (unpaired) electrons. The van der Waals surface area contributed by atoms with Crippen LogP contribution in [0.15, 0.2) is 24.4 Å². The first-order valence-electron chi connectivity index (χ1n) is 7.72. The van der Waals surface area contributed by atoms with Crippen LogP contribution < -0.4 is 4.74 Å². The molecule has 24 heavy (non-hydrogen) atoms. The van der Waals surface area contributed by atoms with Crippen molar-refractivity contribution in [2.24, 2.45) is 5.92 Å². The molecule has 3 rings (SSSR count). The van der Waals surface area contributed by atoms with E-state index in [-0.39, 0.29) is 10.6 Å². The third-order valence-corrected chi connectivity index (χ3v) is 4.20. The Balaban J connectivity index is 2.18. The predicted octanol–water partition coefficient (Wildman–Crippen LogP) is 4.85. The molecule has 0 aliphatic carbocycles. The van der Waals surface area contributed by atoms with Crippen molar-refractivity contribution in [3.05, 3.63) is 35.0 Å². The van der Waals surface area contributed by atoms with Crippen LogP contribution in [-0.4, -0.2) is 26.6 Å². The molecule has 2 heterocycles. The average Bonchev–Trinajstić information content (AvgIpc) is 2.89. The van der Waals surface area contributed by atoms with Crippen LogP contribution in [0.5, 0.6) is 5.75 Å². The van der Waals surface area contributed by atoms with Crippen LogP contribution in [0, 0.1) is 5.92 Å². The number of hydrogen-bond acceptors (Lipinski definition) is 4. The smallest absolute Gasteiger partial charge is 0.227 e. The van der Waals surface area contributed by atoms with E-state index in [0.29, 0.717) is 11.7 Å². The van der Waals surface area contributed by atoms with Gasteiger partial charge in [0.15, 0.2) is 5.82 Å². The van der Waals surface area contributed by atoms with Gasteiger partial charge in [0.25, 0.3) is 0 Å². The Morgan fingerprint density at radius 1 is 1.12 bits per heavy atom. The summed E-state index contributed by atoms with van der Waals surface area (Å²) in [4.78, 5) is 12.3. The number of ether oxygens (including phenoxy) is 1. The number of methoxy groups -OCH3 is 1. The Kier molecular flexibility index (Phi) is 4.92. The molecule has 5 nitrogen and oxygen atoms in total. The molecule has 0 spiro atoms. The van der Waals surface area contributed by atoms with E-state index in [2.05, 4.69) is 33.4 Å². The standard InChI is InChI=1S/C17H18Cl2N4O/c1-10(2)6-7-23-9-13(15-20-16(18)22-17(19)21-15)12-8-11(24-3)4-5-14(12)23/h4-5,8-10H,6-7H2,1-3H3. The quantitative estimate of drug-likeness (QED) is 0.648. The van der Waals surface area contributed by atoms with Gasteiger partial charge in [0, 0.05) is 29.2 Å². The Hall–Kier alpha value is -1.85. The average molecular weight is 365 g/mol. The lowest BCUT2D eigenvalue weighted by Gasteiger charge is -2.08. The first-order chi connectivity index (χ1) is 11.5. The maximum Gasteiger partial charge on any atom is 0.227 e. The van der Waals surface area contributed by atoms with Crippen molar-refractivity contribution >= 4 is 34.1 Å². The third-order valence-electron chi connectivity index (χ3n) is 3.86. The molecule has 0 amide bonds. The van der Waals surface area contributed by atoms with Crippen molar-refractivity contribution in [3.63, 3.8) is 0 Å². The number of rotatable bonds is 5. The Labute approximate surface area is 150 Å². The number of fused-ring (bicyclic) bond motifs is 1. The van der Waals surface area contributed by atoms with Gasteiger partial charge in [0.1, 0.15) is 5.75 Å². The van der Waals surface area contributed by atoms with E-state index in [0.717, 1.165) is 35.2 Å². The van der Waals surface area contributed by atoms with E-state index in [1.807, 2.05) is 24.4 Å². The molecule has 0 aliphatic heterocycles. The summed E-state index contributed by atoms with van der Waals surface area (Å²) in [7, 11) is 1.65. The molecular formula is C17H18Cl2N4O. The van der Waals surface area contributed by atoms with Crippen LogP contribution >= 0.6 is 23.2 Å². The summed E-state index contributed by atoms with van der Waals surface area (Å²) in [6, 6.07) is 5.97. The first kappa shape index (κ1) is 17.0. The number of nitrogens with zero attached hydrogens (tertiary/aromatic N) is 4. The SMILES string of the molecule is COc1ccc2c(c1)c(-c1nc(Cl)nc(Cl)n1)cn2CCC(C)C. The molecule has 7 heteroatoms. The summed E-state index contributed by atoms with van der Waals surface area (Å²) in [5.41, 5.74) is 1.96. The van der Waals surface area contributed by atoms with Gasteiger partial charge in [-0.1, -0.05) is 13.8 Å². The Bertz CT molecular complexity index is 856. The number of aryl methyl sites for hydroxylation is 1. The largest absolute Gasteiger partial charge is 0.497 e. The summed E-state index contributed by atoms with van der Waals surface area (Å²) in [6.45, 7) is 5.33. The van der Waals surface area contributed by atoms with E-state index < -0.39 is 0 Å². The van der Waals surface area contributed by atoms with Gasteiger partial charge in [-0.05, 0) is 53.7 Å². The van der Waals surface area contributed by atoms with E-state index in [1.54, 1.807) is 7.11 Å². The summed E-state index contributed by atoms with van der Waals surface area (Å²) in [5.74, 6) is 1.85. The van der Waals surface area contributed by atoms with Gasteiger partial charge < -0.3 is 9.30 Å². The van der Waals surface area contributed by atoms with Crippen molar-refractivity contribution < 1.29 is 4.74 Å². The fourth-order valence-corrected chi connectivity index (χ4v) is 2.97. The molecule has 1 aromatic carbocycles. The van der Waals surface area contributed by atoms with E-state index in [9.17, 15) is 0 Å². The zero-order valence-corrected chi connectivity index (χ0v) is 15.3. The van der Waals surface area contributed by atoms with E-state index in [4.69, 9.17) is 27.9 Å². The monoisotopic (exact) mass is 364 g/mol. The lowest BCUT2D eigenvalue weighted by Crippen LogP contribution is -2.00. The van der Waals surface area contributed by atoms with E-state index >= 15 is 0 Å². The summed E-state index contributed by atoms with van der Waals surface area (Å²) in [6.07, 6.45) is 3.11. The summed E-state index contributed by atoms with van der Waals surface area (Å²) < 4.78 is 7.56. The van der Waals surface area contributed by atoms with Crippen molar-refractivity contribution in [3.8, 4) is 17.1 Å². The van der Waals surface area contributed by atoms with Crippen LogP contribution in [0.3, 0.4) is 0 Å². The molecule has 0 atom stereocenters. The Morgan fingerprint density at radius 2 is 1.83 bits per heavy atom. The fourth-order valence-electron chi connectivity index (χ4n) is 2.61. The van der Waals surface area contributed by atoms with Gasteiger partial charge >= 0.3 is 0 Å². The minimum Gasteiger partial charge on any atom is -0.497 e. The topological polar surface area (TPSA) is 52.8 Å². The highest BCUT2D eigenvalue weighted by molar-refractivity contribution is 6.31. The predicted molar refractivity (Wildman–Crippen MR) is 96.8 cm³/mol. The number of halogens is 2. The molecule has 0 saturated heterocycles. The lowest BCUT2D eigenvalue weighted by atomic mass is 10.1. The molecular weight excluding hydrogens is 347 g/mol. The van der Waals surface area contributed by atoms with Crippen molar-refractivity contribution in [2.45, 2.75) is 26.8 Å². The molecule has 3 aromatic rings. The highest BCUT2D eigenvalue weighted by Gasteiger charge is 2.15. The molecule has 0 fully saturated rings. The zero-order valence-electron chi connectivity index (χ0n) is 13.8. The second-order valence-corrected chi connectivity index (χ2v) is 6.67. The van der Waals surface area contributed by atoms with Gasteiger partial charge in [0.2, 0.25) is 10.6 Å². The van der Waals surface area contributed by atoms with Gasteiger partial charge in [-0.15, -0.1) is 0 Å². The van der Waals surface area contributed by atoms with Crippen LogP contribution in [0.1, 0.15) is 20.3 Å². The number of aromatic nitrogens is 4. The van der Waals surface area contributed by atoms with Crippen LogP contribution in [-0.2, 0) is 6.54 Å². The molecule has 0 N–H and O–H groups in total. The molecule has 0 unspecified atom stereocenters. The van der Waals surface area contributed by atoms with Gasteiger partial charge in [-0.3, -0.25) is 0 Å². The molecule has 0 bridgehead atoms. The van der Waals surface area contributed by atoms with Gasteiger partial charge in [-0.25, -0.2) is 0 Å². The molecule has 126 valence electrons. The Morgan fingerprint density at radius 3 is 2.46 bits per heavy atom. The molecule has 2 aromatic heterocycles. The zero-order chi connectivity index (χ0) is 17.3. The normalized spacial score (nSPS) is 11.4. The van der Waals surface area contributed by atoms with E-state index in [1.165, 1.54) is 0 Å². The second-order valence-electron chi connectivity index (χ2n) is 6.00. The highest BCUT2D eigenvalue weighted by Crippen LogP contribution is 2.32. The summed E-state index contributed by atoms with van der Waals surface area (Å²) in [5, 5.41) is 1.16. The van der Waals surface area contributed by atoms with Crippen LogP contribution in [0.25, 0.3) is 22.3 Å². The lowest BCUT2D eigenvalue weighted by molar-refractivity contribution is 0.415. The van der Waals surface area contributed by atoms with Crippen LogP contribution in [0.4, 0.5) is 0 Å². The number of benzene rings is 1. The first-order valence-corrected chi connectivity index (χ1v) is 8.48. The highest BCUT2D eigenvalue weighted by atomic mass is 35.5. The van der Waals surface area contributed by atoms with Crippen LogP contribution in [0.2, 0.25) is 10.6 Å². The van der Waals surface area contributed by atoms with Crippen molar-refractivity contribution in [1.82, 2.24) is 19.5 Å². The maximum atomic E-state index is 5.94. The van der Waals surface area contributed by atoms with Gasteiger partial charge in [-0.2, -0.15) is 15.0 Å². The number of hydrogen-bond donors (Lipinski definition) is 0. The van der Waals surface area contributed by atoms with Crippen molar-refractivity contribution in [1.29, 1.82) is 0 Å². The second kappa shape index (κ2) is 6.95. The van der Waals surface area contributed by atoms with Crippen molar-refractivity contribution in [2.75, 3.05) is 7.11 Å². The van der Waals surface area contributed by atoms with Gasteiger partial charge in [0.05, 0.1) is 7.11 Å². The summed E-state index contributed by atoms with van der Waals surface area (Å²) >= 11 is 11.9. The molecule has 0 saturated carbocycles. The molecule has 0 aliphatic rings. The maximum absolute atomic E-state index is 5.94. The minimum atomic E-state index is 0.0796.